The number of fused-ring (bicyclic) bond motifs is 1. The molecule has 0 amide bonds. The van der Waals surface area contributed by atoms with Gasteiger partial charge < -0.3 is 14.3 Å². The number of aromatic nitrogens is 2. The molecule has 0 saturated carbocycles. The van der Waals surface area contributed by atoms with E-state index in [1.54, 1.807) is 11.6 Å². The molecular weight excluding hydrogens is 372 g/mol. The number of aromatic amines is 1. The molecule has 0 aliphatic heterocycles. The minimum absolute atomic E-state index is 0.0580. The van der Waals surface area contributed by atoms with Crippen molar-refractivity contribution < 1.29 is 4.74 Å². The quantitative estimate of drug-likeness (QED) is 0.408. The molecule has 4 heteroatoms. The number of nitrogens with one attached hydrogen (secondary N) is 1. The molecule has 0 radical (unpaired) electrons. The van der Waals surface area contributed by atoms with Crippen LogP contribution < -0.4 is 10.3 Å². The fourth-order valence-electron chi connectivity index (χ4n) is 3.72. The third-order valence-corrected chi connectivity index (χ3v) is 5.20. The lowest BCUT2D eigenvalue weighted by molar-refractivity contribution is 0.484. The Hall–Kier alpha value is -4.05. The highest BCUT2D eigenvalue weighted by Crippen LogP contribution is 2.37. The van der Waals surface area contributed by atoms with E-state index in [-0.39, 0.29) is 5.56 Å². The fraction of sp³-hybridized carbons (Fsp3) is 0.0385. The molecule has 146 valence electrons. The topological polar surface area (TPSA) is 47.0 Å². The first kappa shape index (κ1) is 18.0. The molecule has 0 aliphatic carbocycles. The Balaban J connectivity index is 1.71. The van der Waals surface area contributed by atoms with Crippen LogP contribution in [0.4, 0.5) is 0 Å². The first-order chi connectivity index (χ1) is 14.7. The molecule has 0 spiro atoms. The first-order valence-corrected chi connectivity index (χ1v) is 9.81. The number of hydrogen-bond donors (Lipinski definition) is 1. The van der Waals surface area contributed by atoms with Crippen LogP contribution >= 0.6 is 0 Å². The normalized spacial score (nSPS) is 11.0. The van der Waals surface area contributed by atoms with Crippen LogP contribution in [-0.2, 0) is 7.05 Å². The average molecular weight is 392 g/mol. The molecule has 0 bridgehead atoms. The van der Waals surface area contributed by atoms with Gasteiger partial charge in [-0.15, -0.1) is 0 Å². The van der Waals surface area contributed by atoms with Gasteiger partial charge in [0.25, 0.3) is 5.56 Å². The van der Waals surface area contributed by atoms with Crippen molar-refractivity contribution in [2.45, 2.75) is 0 Å². The van der Waals surface area contributed by atoms with Gasteiger partial charge in [-0.25, -0.2) is 0 Å². The van der Waals surface area contributed by atoms with Crippen LogP contribution in [0.1, 0.15) is 0 Å². The highest BCUT2D eigenvalue weighted by atomic mass is 16.5. The Kier molecular flexibility index (Phi) is 4.45. The van der Waals surface area contributed by atoms with Gasteiger partial charge >= 0.3 is 0 Å². The number of rotatable bonds is 4. The number of pyridine rings is 1. The number of ether oxygens (including phenoxy) is 1. The summed E-state index contributed by atoms with van der Waals surface area (Å²) in [5.41, 5.74) is 4.35. The molecule has 5 rings (SSSR count). The van der Waals surface area contributed by atoms with Crippen molar-refractivity contribution in [1.82, 2.24) is 9.55 Å². The van der Waals surface area contributed by atoms with Crippen molar-refractivity contribution in [3.63, 3.8) is 0 Å². The van der Waals surface area contributed by atoms with Gasteiger partial charge in [-0.2, -0.15) is 0 Å². The zero-order valence-corrected chi connectivity index (χ0v) is 16.5. The molecule has 5 aromatic rings. The summed E-state index contributed by atoms with van der Waals surface area (Å²) < 4.78 is 7.79. The van der Waals surface area contributed by atoms with Crippen molar-refractivity contribution in [3.8, 4) is 33.9 Å². The van der Waals surface area contributed by atoms with Crippen molar-refractivity contribution in [1.29, 1.82) is 0 Å². The van der Waals surface area contributed by atoms with Crippen LogP contribution in [0.15, 0.2) is 102 Å². The molecule has 2 heterocycles. The second-order valence-electron chi connectivity index (χ2n) is 7.21. The Morgan fingerprint density at radius 2 is 1.47 bits per heavy atom. The van der Waals surface area contributed by atoms with Crippen LogP contribution in [0.3, 0.4) is 0 Å². The van der Waals surface area contributed by atoms with E-state index in [9.17, 15) is 4.79 Å². The maximum atomic E-state index is 12.8. The van der Waals surface area contributed by atoms with Gasteiger partial charge in [-0.1, -0.05) is 66.7 Å². The van der Waals surface area contributed by atoms with Crippen LogP contribution in [-0.4, -0.2) is 9.55 Å². The largest absolute Gasteiger partial charge is 0.457 e. The summed E-state index contributed by atoms with van der Waals surface area (Å²) in [6, 6.07) is 29.7. The maximum absolute atomic E-state index is 12.8. The van der Waals surface area contributed by atoms with Gasteiger partial charge in [-0.05, 0) is 29.8 Å². The number of aryl methyl sites for hydroxylation is 1. The minimum Gasteiger partial charge on any atom is -0.457 e. The first-order valence-electron chi connectivity index (χ1n) is 9.81. The van der Waals surface area contributed by atoms with Crippen molar-refractivity contribution in [2.24, 2.45) is 7.05 Å². The van der Waals surface area contributed by atoms with Gasteiger partial charge in [0.2, 0.25) is 0 Å². The summed E-state index contributed by atoms with van der Waals surface area (Å²) >= 11 is 0. The third kappa shape index (κ3) is 3.18. The van der Waals surface area contributed by atoms with Gasteiger partial charge in [0.1, 0.15) is 17.0 Å². The smallest absolute Gasteiger partial charge is 0.274 e. The monoisotopic (exact) mass is 392 g/mol. The number of benzene rings is 3. The van der Waals surface area contributed by atoms with Crippen LogP contribution in [0.25, 0.3) is 33.3 Å². The van der Waals surface area contributed by atoms with E-state index < -0.39 is 0 Å². The fourth-order valence-corrected chi connectivity index (χ4v) is 3.72. The van der Waals surface area contributed by atoms with Gasteiger partial charge in [0, 0.05) is 35.5 Å². The van der Waals surface area contributed by atoms with Crippen molar-refractivity contribution in [2.75, 3.05) is 0 Å². The second kappa shape index (κ2) is 7.41. The molecule has 4 nitrogen and oxygen atoms in total. The molecular formula is C26H20N2O2. The Bertz CT molecular complexity index is 1380. The number of H-pyrrole nitrogens is 1. The highest BCUT2D eigenvalue weighted by molar-refractivity contribution is 5.98. The molecule has 0 atom stereocenters. The van der Waals surface area contributed by atoms with Gasteiger partial charge in [-0.3, -0.25) is 4.79 Å². The van der Waals surface area contributed by atoms with Gasteiger partial charge in [0.15, 0.2) is 0 Å². The minimum atomic E-state index is -0.0580. The lowest BCUT2D eigenvalue weighted by Gasteiger charge is -2.13. The van der Waals surface area contributed by atoms with Crippen LogP contribution in [0.5, 0.6) is 11.5 Å². The zero-order chi connectivity index (χ0) is 20.5. The summed E-state index contributed by atoms with van der Waals surface area (Å²) in [5.74, 6) is 1.51. The Morgan fingerprint density at radius 3 is 2.23 bits per heavy atom. The summed E-state index contributed by atoms with van der Waals surface area (Å²) in [5, 5.41) is 0.876. The summed E-state index contributed by atoms with van der Waals surface area (Å²) in [4.78, 5) is 16.2. The third-order valence-electron chi connectivity index (χ3n) is 5.20. The summed E-state index contributed by atoms with van der Waals surface area (Å²) in [7, 11) is 1.77. The lowest BCUT2D eigenvalue weighted by Crippen LogP contribution is -2.16. The molecule has 2 aromatic heterocycles. The molecule has 0 unspecified atom stereocenters. The van der Waals surface area contributed by atoms with E-state index in [4.69, 9.17) is 4.74 Å². The standard InChI is InChI=1S/C26H20N2O2/c1-28-17-22(20-14-8-9-15-24(20)30-19-12-6-3-7-13-19)21-16-23(27-25(21)26(28)29)18-10-4-2-5-11-18/h2-17,27H,1H3. The van der Waals surface area contributed by atoms with Crippen LogP contribution in [0, 0.1) is 0 Å². The zero-order valence-electron chi connectivity index (χ0n) is 16.5. The lowest BCUT2D eigenvalue weighted by atomic mass is 10.0. The maximum Gasteiger partial charge on any atom is 0.274 e. The van der Waals surface area contributed by atoms with E-state index in [2.05, 4.69) is 4.98 Å². The summed E-state index contributed by atoms with van der Waals surface area (Å²) in [6.07, 6.45) is 1.88. The molecule has 1 N–H and O–H groups in total. The Labute approximate surface area is 174 Å². The number of para-hydroxylation sites is 2. The molecule has 0 aliphatic rings. The van der Waals surface area contributed by atoms with Gasteiger partial charge in [0.05, 0.1) is 0 Å². The molecule has 30 heavy (non-hydrogen) atoms. The van der Waals surface area contributed by atoms with E-state index in [0.717, 1.165) is 39.3 Å². The molecule has 0 saturated heterocycles. The number of hydrogen-bond acceptors (Lipinski definition) is 2. The number of nitrogens with zero attached hydrogens (tertiary/aromatic N) is 1. The van der Waals surface area contributed by atoms with E-state index >= 15 is 0 Å². The van der Waals surface area contributed by atoms with E-state index in [1.807, 2.05) is 97.2 Å². The predicted octanol–water partition coefficient (Wildman–Crippen LogP) is 5.99. The SMILES string of the molecule is Cn1cc(-c2ccccc2Oc2ccccc2)c2cc(-c3ccccc3)[nH]c2c1=O. The summed E-state index contributed by atoms with van der Waals surface area (Å²) in [6.45, 7) is 0. The second-order valence-corrected chi connectivity index (χ2v) is 7.21. The van der Waals surface area contributed by atoms with Crippen molar-refractivity contribution in [3.05, 3.63) is 108 Å². The van der Waals surface area contributed by atoms with Crippen LogP contribution in [0.2, 0.25) is 0 Å². The average Bonchev–Trinajstić information content (AvgIpc) is 3.24. The Morgan fingerprint density at radius 1 is 0.800 bits per heavy atom. The molecule has 3 aromatic carbocycles. The highest BCUT2D eigenvalue weighted by Gasteiger charge is 2.16. The predicted molar refractivity (Wildman–Crippen MR) is 121 cm³/mol. The van der Waals surface area contributed by atoms with E-state index in [1.165, 1.54) is 0 Å². The molecule has 0 fully saturated rings. The van der Waals surface area contributed by atoms with Crippen molar-refractivity contribution >= 4 is 10.9 Å². The van der Waals surface area contributed by atoms with E-state index in [0.29, 0.717) is 5.52 Å².